The number of nitrogens with one attached hydrogen (secondary N) is 1. The number of benzene rings is 2. The van der Waals surface area contributed by atoms with E-state index in [2.05, 4.69) is 22.0 Å². The first-order chi connectivity index (χ1) is 11.7. The Morgan fingerprint density at radius 3 is 2.67 bits per heavy atom. The molecule has 1 N–H and O–H groups in total. The van der Waals surface area contributed by atoms with Gasteiger partial charge in [-0.25, -0.2) is 8.78 Å². The standard InChI is InChI=1S/C19H23F2N3/c1-3-23-13-24(19-16(21)8-5-9-18(19)23)17(10-11-22-2)14-6-4-7-15(20)12-14/h4-9,12,17,22H,3,10-11,13H2,1-2H3/t17-/m1/s1. The molecule has 1 atom stereocenters. The van der Waals surface area contributed by atoms with Crippen LogP contribution in [0.5, 0.6) is 0 Å². The van der Waals surface area contributed by atoms with E-state index in [1.807, 2.05) is 19.2 Å². The van der Waals surface area contributed by atoms with Crippen LogP contribution in [-0.2, 0) is 0 Å². The first kappa shape index (κ1) is 16.7. The fourth-order valence-corrected chi connectivity index (χ4v) is 3.40. The van der Waals surface area contributed by atoms with Gasteiger partial charge in [-0.2, -0.15) is 0 Å². The Kier molecular flexibility index (Phi) is 5.00. The van der Waals surface area contributed by atoms with Gasteiger partial charge in [-0.1, -0.05) is 18.2 Å². The number of hydrogen-bond donors (Lipinski definition) is 1. The summed E-state index contributed by atoms with van der Waals surface area (Å²) >= 11 is 0. The molecule has 0 aromatic heterocycles. The molecule has 1 aliphatic rings. The predicted octanol–water partition coefficient (Wildman–Crippen LogP) is 3.92. The Labute approximate surface area is 141 Å². The van der Waals surface area contributed by atoms with Crippen LogP contribution in [-0.4, -0.2) is 26.8 Å². The fraction of sp³-hybridized carbons (Fsp3) is 0.368. The van der Waals surface area contributed by atoms with E-state index in [4.69, 9.17) is 0 Å². The van der Waals surface area contributed by atoms with Crippen molar-refractivity contribution in [3.63, 3.8) is 0 Å². The first-order valence-electron chi connectivity index (χ1n) is 8.36. The third-order valence-electron chi connectivity index (χ3n) is 4.58. The minimum Gasteiger partial charge on any atom is -0.352 e. The van der Waals surface area contributed by atoms with Crippen molar-refractivity contribution in [1.82, 2.24) is 5.32 Å². The molecule has 0 amide bonds. The van der Waals surface area contributed by atoms with Crippen LogP contribution >= 0.6 is 0 Å². The largest absolute Gasteiger partial charge is 0.352 e. The summed E-state index contributed by atoms with van der Waals surface area (Å²) in [6, 6.07) is 11.7. The molecule has 0 fully saturated rings. The molecule has 5 heteroatoms. The zero-order valence-corrected chi connectivity index (χ0v) is 14.1. The van der Waals surface area contributed by atoms with Crippen molar-refractivity contribution >= 4 is 11.4 Å². The lowest BCUT2D eigenvalue weighted by molar-refractivity contribution is 0.544. The number of anilines is 2. The van der Waals surface area contributed by atoms with E-state index in [-0.39, 0.29) is 17.7 Å². The highest BCUT2D eigenvalue weighted by atomic mass is 19.1. The molecule has 1 aliphatic heterocycles. The third kappa shape index (κ3) is 3.08. The summed E-state index contributed by atoms with van der Waals surface area (Å²) in [5.41, 5.74) is 2.39. The molecule has 24 heavy (non-hydrogen) atoms. The minimum atomic E-state index is -0.262. The Hall–Kier alpha value is -2.14. The van der Waals surface area contributed by atoms with Gasteiger partial charge in [0.2, 0.25) is 0 Å². The van der Waals surface area contributed by atoms with Crippen LogP contribution in [0.4, 0.5) is 20.2 Å². The number of rotatable bonds is 6. The van der Waals surface area contributed by atoms with Crippen LogP contribution in [0.15, 0.2) is 42.5 Å². The lowest BCUT2D eigenvalue weighted by atomic mass is 10.0. The van der Waals surface area contributed by atoms with Gasteiger partial charge in [-0.05, 0) is 56.8 Å². The molecule has 0 saturated carbocycles. The molecule has 2 aromatic carbocycles. The van der Waals surface area contributed by atoms with Gasteiger partial charge in [-0.3, -0.25) is 0 Å². The second-order valence-electron chi connectivity index (χ2n) is 6.04. The van der Waals surface area contributed by atoms with Crippen molar-refractivity contribution in [3.8, 4) is 0 Å². The highest BCUT2D eigenvalue weighted by molar-refractivity contribution is 5.77. The van der Waals surface area contributed by atoms with Crippen molar-refractivity contribution in [2.24, 2.45) is 0 Å². The van der Waals surface area contributed by atoms with Gasteiger partial charge in [0, 0.05) is 6.54 Å². The van der Waals surface area contributed by atoms with E-state index < -0.39 is 0 Å². The summed E-state index contributed by atoms with van der Waals surface area (Å²) in [6.07, 6.45) is 0.769. The van der Waals surface area contributed by atoms with Gasteiger partial charge in [-0.15, -0.1) is 0 Å². The second-order valence-corrected chi connectivity index (χ2v) is 6.04. The lowest BCUT2D eigenvalue weighted by Crippen LogP contribution is -2.35. The zero-order chi connectivity index (χ0) is 17.1. The Balaban J connectivity index is 2.03. The highest BCUT2D eigenvalue weighted by Crippen LogP contribution is 2.43. The molecular weight excluding hydrogens is 308 g/mol. The van der Waals surface area contributed by atoms with Crippen LogP contribution in [0.2, 0.25) is 0 Å². The van der Waals surface area contributed by atoms with Crippen molar-refractivity contribution in [3.05, 3.63) is 59.7 Å². The van der Waals surface area contributed by atoms with Gasteiger partial charge < -0.3 is 15.1 Å². The first-order valence-corrected chi connectivity index (χ1v) is 8.36. The summed E-state index contributed by atoms with van der Waals surface area (Å²) in [5.74, 6) is -0.489. The quantitative estimate of drug-likeness (QED) is 0.865. The molecule has 0 unspecified atom stereocenters. The fourth-order valence-electron chi connectivity index (χ4n) is 3.40. The summed E-state index contributed by atoms with van der Waals surface area (Å²) in [5, 5.41) is 3.14. The smallest absolute Gasteiger partial charge is 0.148 e. The number of halogens is 2. The van der Waals surface area contributed by atoms with Gasteiger partial charge >= 0.3 is 0 Å². The third-order valence-corrected chi connectivity index (χ3v) is 4.58. The van der Waals surface area contributed by atoms with Gasteiger partial charge in [0.05, 0.1) is 24.1 Å². The number of nitrogens with zero attached hydrogens (tertiary/aromatic N) is 2. The number of para-hydroxylation sites is 1. The maximum absolute atomic E-state index is 14.6. The molecule has 128 valence electrons. The second kappa shape index (κ2) is 7.18. The van der Waals surface area contributed by atoms with Crippen LogP contribution in [0.25, 0.3) is 0 Å². The zero-order valence-electron chi connectivity index (χ0n) is 14.1. The topological polar surface area (TPSA) is 18.5 Å². The van der Waals surface area contributed by atoms with Crippen molar-refractivity contribution in [1.29, 1.82) is 0 Å². The van der Waals surface area contributed by atoms with E-state index in [0.717, 1.165) is 30.8 Å². The molecule has 0 radical (unpaired) electrons. The van der Waals surface area contributed by atoms with Crippen molar-refractivity contribution in [2.75, 3.05) is 36.6 Å². The number of hydrogen-bond acceptors (Lipinski definition) is 3. The van der Waals surface area contributed by atoms with Crippen LogP contribution < -0.4 is 15.1 Å². The van der Waals surface area contributed by atoms with Crippen LogP contribution in [0.3, 0.4) is 0 Å². The Bertz CT molecular complexity index is 705. The maximum Gasteiger partial charge on any atom is 0.148 e. The molecule has 0 bridgehead atoms. The molecule has 3 nitrogen and oxygen atoms in total. The van der Waals surface area contributed by atoms with Crippen molar-refractivity contribution < 1.29 is 8.78 Å². The summed E-state index contributed by atoms with van der Waals surface area (Å²) in [4.78, 5) is 4.20. The molecule has 0 aliphatic carbocycles. The number of fused-ring (bicyclic) bond motifs is 1. The Morgan fingerprint density at radius 2 is 1.96 bits per heavy atom. The van der Waals surface area contributed by atoms with Crippen molar-refractivity contribution in [2.45, 2.75) is 19.4 Å². The molecule has 0 spiro atoms. The molecule has 0 saturated heterocycles. The van der Waals surface area contributed by atoms with E-state index in [1.165, 1.54) is 12.1 Å². The molecule has 2 aromatic rings. The summed E-state index contributed by atoms with van der Waals surface area (Å²) in [6.45, 7) is 4.24. The predicted molar refractivity (Wildman–Crippen MR) is 94.5 cm³/mol. The van der Waals surface area contributed by atoms with Gasteiger partial charge in [0.15, 0.2) is 0 Å². The average molecular weight is 331 g/mol. The average Bonchev–Trinajstić information content (AvgIpc) is 2.95. The van der Waals surface area contributed by atoms with Gasteiger partial charge in [0.25, 0.3) is 0 Å². The molecule has 1 heterocycles. The highest BCUT2D eigenvalue weighted by Gasteiger charge is 2.33. The van der Waals surface area contributed by atoms with E-state index in [0.29, 0.717) is 12.4 Å². The maximum atomic E-state index is 14.6. The SMILES string of the molecule is CCN1CN([C@H](CCNC)c2cccc(F)c2)c2c(F)cccc21. The van der Waals surface area contributed by atoms with E-state index in [1.54, 1.807) is 18.2 Å². The van der Waals surface area contributed by atoms with E-state index in [9.17, 15) is 8.78 Å². The van der Waals surface area contributed by atoms with Crippen LogP contribution in [0.1, 0.15) is 24.9 Å². The van der Waals surface area contributed by atoms with E-state index >= 15 is 0 Å². The monoisotopic (exact) mass is 331 g/mol. The summed E-state index contributed by atoms with van der Waals surface area (Å²) in [7, 11) is 1.89. The minimum absolute atomic E-state index is 0.0830. The Morgan fingerprint density at radius 1 is 1.17 bits per heavy atom. The summed E-state index contributed by atoms with van der Waals surface area (Å²) < 4.78 is 28.3. The molecule has 3 rings (SSSR count). The molecular formula is C19H23F2N3. The van der Waals surface area contributed by atoms with Crippen LogP contribution in [0, 0.1) is 11.6 Å². The normalized spacial score (nSPS) is 14.8. The van der Waals surface area contributed by atoms with Gasteiger partial charge in [0.1, 0.15) is 11.6 Å². The lowest BCUT2D eigenvalue weighted by Gasteiger charge is -2.31.